The molecule has 0 aliphatic heterocycles. The molecule has 0 amide bonds. The number of nitrogens with zero attached hydrogens (tertiary/aromatic N) is 3. The smallest absolute Gasteiger partial charge is 0.333 e. The van der Waals surface area contributed by atoms with Gasteiger partial charge in [0.1, 0.15) is 0 Å². The van der Waals surface area contributed by atoms with Crippen LogP contribution in [0.5, 0.6) is 0 Å². The zero-order chi connectivity index (χ0) is 15.8. The van der Waals surface area contributed by atoms with Crippen LogP contribution < -0.4 is 5.73 Å². The summed E-state index contributed by atoms with van der Waals surface area (Å²) < 4.78 is 11.0. The molecular weight excluding hydrogens is 272 g/mol. The fourth-order valence-corrected chi connectivity index (χ4v) is 2.35. The second kappa shape index (κ2) is 8.67. The SMILES string of the molecule is CCOC(=O)C1=C[C@H](OC(CC)CC)[C@H](N)[C@@H](N=[N+]=[N-])C1. The van der Waals surface area contributed by atoms with Gasteiger partial charge >= 0.3 is 5.97 Å². The number of hydrogen-bond acceptors (Lipinski definition) is 5. The maximum absolute atomic E-state index is 11.9. The van der Waals surface area contributed by atoms with Crippen LogP contribution in [-0.4, -0.2) is 36.9 Å². The summed E-state index contributed by atoms with van der Waals surface area (Å²) in [5, 5.41) is 3.69. The van der Waals surface area contributed by atoms with Gasteiger partial charge in [0.25, 0.3) is 0 Å². The first-order valence-corrected chi connectivity index (χ1v) is 7.40. The largest absolute Gasteiger partial charge is 0.463 e. The third-order valence-electron chi connectivity index (χ3n) is 3.62. The molecule has 1 aliphatic rings. The fourth-order valence-electron chi connectivity index (χ4n) is 2.35. The van der Waals surface area contributed by atoms with E-state index < -0.39 is 24.2 Å². The van der Waals surface area contributed by atoms with Gasteiger partial charge in [-0.3, -0.25) is 0 Å². The molecule has 0 unspecified atom stereocenters. The summed E-state index contributed by atoms with van der Waals surface area (Å²) in [6, 6.07) is -0.960. The number of nitrogens with two attached hydrogens (primary N) is 1. The van der Waals surface area contributed by atoms with Crippen molar-refractivity contribution in [1.29, 1.82) is 0 Å². The van der Waals surface area contributed by atoms with E-state index in [0.717, 1.165) is 12.8 Å². The molecule has 7 heteroatoms. The van der Waals surface area contributed by atoms with Crippen molar-refractivity contribution < 1.29 is 14.3 Å². The highest BCUT2D eigenvalue weighted by Gasteiger charge is 2.34. The van der Waals surface area contributed by atoms with Gasteiger partial charge in [0.15, 0.2) is 0 Å². The van der Waals surface area contributed by atoms with Crippen LogP contribution in [0, 0.1) is 0 Å². The van der Waals surface area contributed by atoms with Gasteiger partial charge in [0, 0.05) is 16.5 Å². The van der Waals surface area contributed by atoms with Crippen LogP contribution in [0.2, 0.25) is 0 Å². The molecule has 0 aromatic heterocycles. The highest BCUT2D eigenvalue weighted by atomic mass is 16.5. The summed E-state index contributed by atoms with van der Waals surface area (Å²) in [5.74, 6) is -0.402. The summed E-state index contributed by atoms with van der Waals surface area (Å²) >= 11 is 0. The van der Waals surface area contributed by atoms with Crippen LogP contribution >= 0.6 is 0 Å². The average molecular weight is 296 g/mol. The van der Waals surface area contributed by atoms with Gasteiger partial charge in [-0.15, -0.1) is 0 Å². The van der Waals surface area contributed by atoms with Crippen LogP contribution in [0.1, 0.15) is 40.0 Å². The summed E-state index contributed by atoms with van der Waals surface area (Å²) in [7, 11) is 0. The Labute approximate surface area is 125 Å². The molecule has 0 aromatic rings. The maximum Gasteiger partial charge on any atom is 0.333 e. The molecule has 0 saturated carbocycles. The molecule has 21 heavy (non-hydrogen) atoms. The van der Waals surface area contributed by atoms with Gasteiger partial charge in [-0.2, -0.15) is 0 Å². The Morgan fingerprint density at radius 3 is 2.71 bits per heavy atom. The monoisotopic (exact) mass is 296 g/mol. The average Bonchev–Trinajstić information content (AvgIpc) is 2.48. The van der Waals surface area contributed by atoms with E-state index in [1.807, 2.05) is 13.8 Å². The second-order valence-electron chi connectivity index (χ2n) is 5.01. The highest BCUT2D eigenvalue weighted by molar-refractivity contribution is 5.89. The van der Waals surface area contributed by atoms with Gasteiger partial charge in [0.05, 0.1) is 24.9 Å². The topological polar surface area (TPSA) is 110 Å². The van der Waals surface area contributed by atoms with Gasteiger partial charge in [0.2, 0.25) is 0 Å². The molecule has 0 fully saturated rings. The number of azide groups is 1. The van der Waals surface area contributed by atoms with Gasteiger partial charge in [-0.05, 0) is 37.8 Å². The van der Waals surface area contributed by atoms with Gasteiger partial charge in [-0.1, -0.05) is 19.0 Å². The molecule has 2 N–H and O–H groups in total. The van der Waals surface area contributed by atoms with Crippen molar-refractivity contribution in [3.05, 3.63) is 22.1 Å². The molecule has 3 atom stereocenters. The van der Waals surface area contributed by atoms with E-state index >= 15 is 0 Å². The number of esters is 1. The van der Waals surface area contributed by atoms with Crippen LogP contribution in [0.4, 0.5) is 0 Å². The van der Waals surface area contributed by atoms with Crippen LogP contribution in [0.15, 0.2) is 16.8 Å². The van der Waals surface area contributed by atoms with E-state index in [9.17, 15) is 4.79 Å². The third kappa shape index (κ3) is 4.74. The Hall–Kier alpha value is -1.56. The number of hydrogen-bond donors (Lipinski definition) is 1. The number of rotatable bonds is 7. The minimum atomic E-state index is -0.501. The molecule has 1 rings (SSSR count). The molecule has 0 spiro atoms. The van der Waals surface area contributed by atoms with E-state index in [1.54, 1.807) is 13.0 Å². The lowest BCUT2D eigenvalue weighted by atomic mass is 9.89. The first-order valence-electron chi connectivity index (χ1n) is 7.40. The van der Waals surface area contributed by atoms with Crippen molar-refractivity contribution in [3.63, 3.8) is 0 Å². The first-order chi connectivity index (χ1) is 10.1. The molecule has 0 saturated heterocycles. The molecule has 0 heterocycles. The predicted octanol–water partition coefficient (Wildman–Crippen LogP) is 2.46. The van der Waals surface area contributed by atoms with Crippen molar-refractivity contribution >= 4 is 5.97 Å². The molecule has 1 aliphatic carbocycles. The summed E-state index contributed by atoms with van der Waals surface area (Å²) in [6.45, 7) is 6.11. The molecule has 0 bridgehead atoms. The molecule has 7 nitrogen and oxygen atoms in total. The second-order valence-corrected chi connectivity index (χ2v) is 5.01. The molecule has 118 valence electrons. The summed E-state index contributed by atoms with van der Waals surface area (Å²) in [5.41, 5.74) is 15.2. The number of ether oxygens (including phenoxy) is 2. The normalized spacial score (nSPS) is 25.2. The maximum atomic E-state index is 11.9. The van der Waals surface area contributed by atoms with Crippen molar-refractivity contribution in [2.24, 2.45) is 10.8 Å². The minimum absolute atomic E-state index is 0.0607. The number of carbonyl (C=O) groups is 1. The summed E-state index contributed by atoms with van der Waals surface area (Å²) in [4.78, 5) is 14.7. The Morgan fingerprint density at radius 2 is 2.19 bits per heavy atom. The van der Waals surface area contributed by atoms with Crippen molar-refractivity contribution in [2.45, 2.75) is 64.3 Å². The van der Waals surface area contributed by atoms with Gasteiger partial charge in [-0.25, -0.2) is 4.79 Å². The van der Waals surface area contributed by atoms with Crippen LogP contribution in [0.25, 0.3) is 10.4 Å². The zero-order valence-electron chi connectivity index (χ0n) is 12.9. The van der Waals surface area contributed by atoms with E-state index in [0.29, 0.717) is 12.2 Å². The van der Waals surface area contributed by atoms with Crippen LogP contribution in [0.3, 0.4) is 0 Å². The lowest BCUT2D eigenvalue weighted by Crippen LogP contribution is -2.48. The highest BCUT2D eigenvalue weighted by Crippen LogP contribution is 2.25. The Balaban J connectivity index is 2.97. The lowest BCUT2D eigenvalue weighted by molar-refractivity contribution is -0.139. The fraction of sp³-hybridized carbons (Fsp3) is 0.786. The van der Waals surface area contributed by atoms with E-state index in [1.165, 1.54) is 0 Å². The van der Waals surface area contributed by atoms with Crippen molar-refractivity contribution in [1.82, 2.24) is 0 Å². The number of carbonyl (C=O) groups excluding carboxylic acids is 1. The minimum Gasteiger partial charge on any atom is -0.463 e. The lowest BCUT2D eigenvalue weighted by Gasteiger charge is -2.33. The Morgan fingerprint density at radius 1 is 1.52 bits per heavy atom. The van der Waals surface area contributed by atoms with E-state index in [2.05, 4.69) is 10.0 Å². The first kappa shape index (κ1) is 17.5. The van der Waals surface area contributed by atoms with Gasteiger partial charge < -0.3 is 15.2 Å². The standard InChI is InChI=1S/C14H24N4O3/c1-4-10(5-2)21-12-8-9(14(19)20-6-3)7-11(13(12)15)17-18-16/h8,10-13H,4-7,15H2,1-3H3/t11-,12-,13+/m0/s1. The van der Waals surface area contributed by atoms with E-state index in [4.69, 9.17) is 20.7 Å². The van der Waals surface area contributed by atoms with Crippen LogP contribution in [-0.2, 0) is 14.3 Å². The quantitative estimate of drug-likeness (QED) is 0.336. The molecular formula is C14H24N4O3. The predicted molar refractivity (Wildman–Crippen MR) is 79.5 cm³/mol. The molecule has 0 aromatic carbocycles. The zero-order valence-corrected chi connectivity index (χ0v) is 12.9. The Bertz CT molecular complexity index is 428. The third-order valence-corrected chi connectivity index (χ3v) is 3.62. The summed E-state index contributed by atoms with van der Waals surface area (Å²) in [6.07, 6.45) is 3.32. The van der Waals surface area contributed by atoms with Crippen molar-refractivity contribution in [3.8, 4) is 0 Å². The molecule has 0 radical (unpaired) electrons. The Kier molecular flexibility index (Phi) is 7.22. The van der Waals surface area contributed by atoms with E-state index in [-0.39, 0.29) is 12.5 Å². The van der Waals surface area contributed by atoms with Crippen molar-refractivity contribution in [2.75, 3.05) is 6.61 Å².